The Labute approximate surface area is 125 Å². The molecule has 0 amide bonds. The molecule has 0 radical (unpaired) electrons. The zero-order valence-corrected chi connectivity index (χ0v) is 12.8. The van der Waals surface area contributed by atoms with Crippen molar-refractivity contribution in [1.82, 2.24) is 0 Å². The van der Waals surface area contributed by atoms with Gasteiger partial charge in [-0.2, -0.15) is 0 Å². The molecule has 2 aromatic carbocycles. The normalized spacial score (nSPS) is 16.4. The van der Waals surface area contributed by atoms with Gasteiger partial charge in [-0.25, -0.2) is 0 Å². The molecule has 0 saturated carbocycles. The highest BCUT2D eigenvalue weighted by Gasteiger charge is 2.26. The van der Waals surface area contributed by atoms with Crippen LogP contribution in [0, 0.1) is 0 Å². The Bertz CT molecular complexity index is 871. The van der Waals surface area contributed by atoms with Gasteiger partial charge in [-0.3, -0.25) is 0 Å². The lowest BCUT2D eigenvalue weighted by molar-refractivity contribution is 0.158. The third-order valence-electron chi connectivity index (χ3n) is 3.62. The highest BCUT2D eigenvalue weighted by molar-refractivity contribution is 9.10. The molecule has 4 rings (SSSR count). The van der Waals surface area contributed by atoms with E-state index in [1.165, 1.54) is 0 Å². The Morgan fingerprint density at radius 3 is 2.75 bits per heavy atom. The fraction of sp³-hybridized carbons (Fsp3) is 0.176. The van der Waals surface area contributed by atoms with Gasteiger partial charge in [-0.1, -0.05) is 24.3 Å². The van der Waals surface area contributed by atoms with Crippen LogP contribution in [0.2, 0.25) is 0 Å². The highest BCUT2D eigenvalue weighted by atomic mass is 79.9. The zero-order valence-electron chi connectivity index (χ0n) is 11.2. The van der Waals surface area contributed by atoms with E-state index >= 15 is 0 Å². The average Bonchev–Trinajstić information content (AvgIpc) is 2.78. The van der Waals surface area contributed by atoms with Crippen LogP contribution in [0.5, 0.6) is 5.75 Å². The van der Waals surface area contributed by atoms with Gasteiger partial charge in [0.05, 0.1) is 4.47 Å². The maximum Gasteiger partial charge on any atom is 0.142 e. The van der Waals surface area contributed by atoms with Crippen molar-refractivity contribution in [3.05, 3.63) is 46.4 Å². The van der Waals surface area contributed by atoms with Crippen LogP contribution in [0.4, 0.5) is 0 Å². The van der Waals surface area contributed by atoms with Crippen molar-refractivity contribution in [2.24, 2.45) is 0 Å². The van der Waals surface area contributed by atoms with Crippen molar-refractivity contribution in [1.29, 1.82) is 0 Å². The van der Waals surface area contributed by atoms with E-state index in [1.807, 2.05) is 24.3 Å². The van der Waals surface area contributed by atoms with E-state index < -0.39 is 0 Å². The molecular formula is C17H13BrO2. The Hall–Kier alpha value is -1.74. The first kappa shape index (κ1) is 12.0. The third kappa shape index (κ3) is 1.63. The predicted molar refractivity (Wildman–Crippen MR) is 85.2 cm³/mol. The summed E-state index contributed by atoms with van der Waals surface area (Å²) in [6.45, 7) is 4.10. The number of furan rings is 1. The molecule has 2 nitrogen and oxygen atoms in total. The Balaban J connectivity index is 2.13. The van der Waals surface area contributed by atoms with Crippen LogP contribution in [0.25, 0.3) is 28.0 Å². The quantitative estimate of drug-likeness (QED) is 0.541. The molecule has 20 heavy (non-hydrogen) atoms. The van der Waals surface area contributed by atoms with Crippen LogP contribution in [0.1, 0.15) is 19.4 Å². The summed E-state index contributed by atoms with van der Waals surface area (Å²) in [4.78, 5) is 0. The van der Waals surface area contributed by atoms with E-state index in [-0.39, 0.29) is 5.60 Å². The van der Waals surface area contributed by atoms with E-state index in [2.05, 4.69) is 48.0 Å². The number of hydrogen-bond donors (Lipinski definition) is 0. The Morgan fingerprint density at radius 2 is 1.90 bits per heavy atom. The number of ether oxygens (including phenoxy) is 1. The lowest BCUT2D eigenvalue weighted by Crippen LogP contribution is -2.27. The molecule has 1 aromatic heterocycles. The number of fused-ring (bicyclic) bond motifs is 4. The molecule has 0 N–H and O–H groups in total. The maximum absolute atomic E-state index is 6.10. The number of benzene rings is 2. The van der Waals surface area contributed by atoms with E-state index in [1.54, 1.807) is 0 Å². The first-order valence-electron chi connectivity index (χ1n) is 6.57. The molecule has 0 fully saturated rings. The molecule has 0 spiro atoms. The molecule has 100 valence electrons. The SMILES string of the molecule is CC1(C)C=Cc2cc3oc4ccccc4c3c(Br)c2O1. The van der Waals surface area contributed by atoms with Crippen molar-refractivity contribution >= 4 is 43.9 Å². The molecule has 0 bridgehead atoms. The monoisotopic (exact) mass is 328 g/mol. The summed E-state index contributed by atoms with van der Waals surface area (Å²) in [6.07, 6.45) is 4.16. The molecule has 0 atom stereocenters. The zero-order chi connectivity index (χ0) is 13.9. The van der Waals surface area contributed by atoms with E-state index in [9.17, 15) is 0 Å². The lowest BCUT2D eigenvalue weighted by Gasteiger charge is -2.28. The summed E-state index contributed by atoms with van der Waals surface area (Å²) in [5.74, 6) is 0.886. The topological polar surface area (TPSA) is 22.4 Å². The van der Waals surface area contributed by atoms with Crippen LogP contribution >= 0.6 is 15.9 Å². The van der Waals surface area contributed by atoms with E-state index in [0.717, 1.165) is 37.7 Å². The fourth-order valence-corrected chi connectivity index (χ4v) is 3.37. The van der Waals surface area contributed by atoms with Crippen LogP contribution in [-0.4, -0.2) is 5.60 Å². The largest absolute Gasteiger partial charge is 0.482 e. The molecule has 0 aliphatic carbocycles. The molecule has 3 heteroatoms. The first-order chi connectivity index (χ1) is 9.55. The first-order valence-corrected chi connectivity index (χ1v) is 7.36. The van der Waals surface area contributed by atoms with E-state index in [0.29, 0.717) is 0 Å². The Kier molecular flexibility index (Phi) is 2.34. The molecule has 0 saturated heterocycles. The predicted octanol–water partition coefficient (Wildman–Crippen LogP) is 5.53. The summed E-state index contributed by atoms with van der Waals surface area (Å²) >= 11 is 3.70. The minimum absolute atomic E-state index is 0.289. The van der Waals surface area contributed by atoms with Crippen molar-refractivity contribution in [3.8, 4) is 5.75 Å². The number of para-hydroxylation sites is 1. The van der Waals surface area contributed by atoms with Crippen molar-refractivity contribution in [3.63, 3.8) is 0 Å². The second-order valence-electron chi connectivity index (χ2n) is 5.62. The van der Waals surface area contributed by atoms with Crippen LogP contribution in [0.3, 0.4) is 0 Å². The van der Waals surface area contributed by atoms with Gasteiger partial charge in [0.25, 0.3) is 0 Å². The van der Waals surface area contributed by atoms with Crippen LogP contribution < -0.4 is 4.74 Å². The second-order valence-corrected chi connectivity index (χ2v) is 6.41. The van der Waals surface area contributed by atoms with Gasteiger partial charge in [0, 0.05) is 16.3 Å². The van der Waals surface area contributed by atoms with Gasteiger partial charge in [0.2, 0.25) is 0 Å². The molecule has 1 aliphatic rings. The number of hydrogen-bond acceptors (Lipinski definition) is 2. The lowest BCUT2D eigenvalue weighted by atomic mass is 10.0. The molecular weight excluding hydrogens is 316 g/mol. The van der Waals surface area contributed by atoms with E-state index in [4.69, 9.17) is 9.15 Å². The minimum Gasteiger partial charge on any atom is -0.482 e. The van der Waals surface area contributed by atoms with Gasteiger partial charge >= 0.3 is 0 Å². The Morgan fingerprint density at radius 1 is 1.10 bits per heavy atom. The third-order valence-corrected chi connectivity index (χ3v) is 4.38. The number of halogens is 1. The van der Waals surface area contributed by atoms with Crippen LogP contribution in [-0.2, 0) is 0 Å². The van der Waals surface area contributed by atoms with Gasteiger partial charge in [-0.05, 0) is 48.0 Å². The van der Waals surface area contributed by atoms with Gasteiger partial charge in [-0.15, -0.1) is 0 Å². The second kappa shape index (κ2) is 3.89. The van der Waals surface area contributed by atoms with Crippen molar-refractivity contribution in [2.75, 3.05) is 0 Å². The maximum atomic E-state index is 6.10. The summed E-state index contributed by atoms with van der Waals surface area (Å²) in [5.41, 5.74) is 2.53. The average molecular weight is 329 g/mol. The molecule has 0 unspecified atom stereocenters. The highest BCUT2D eigenvalue weighted by Crippen LogP contribution is 2.45. The number of rotatable bonds is 0. The smallest absolute Gasteiger partial charge is 0.142 e. The standard InChI is InChI=1S/C17H13BrO2/c1-17(2)8-7-10-9-13-14(15(18)16(10)20-17)11-5-3-4-6-12(11)19-13/h3-9H,1-2H3. The van der Waals surface area contributed by atoms with Gasteiger partial charge < -0.3 is 9.15 Å². The minimum atomic E-state index is -0.289. The fourth-order valence-electron chi connectivity index (χ4n) is 2.65. The van der Waals surface area contributed by atoms with Crippen LogP contribution in [0.15, 0.2) is 45.3 Å². The van der Waals surface area contributed by atoms with Crippen molar-refractivity contribution in [2.45, 2.75) is 19.4 Å². The van der Waals surface area contributed by atoms with Gasteiger partial charge in [0.1, 0.15) is 22.5 Å². The van der Waals surface area contributed by atoms with Gasteiger partial charge in [0.15, 0.2) is 0 Å². The summed E-state index contributed by atoms with van der Waals surface area (Å²) in [7, 11) is 0. The van der Waals surface area contributed by atoms with Crippen molar-refractivity contribution < 1.29 is 9.15 Å². The molecule has 1 aliphatic heterocycles. The summed E-state index contributed by atoms with van der Waals surface area (Å²) < 4.78 is 13.0. The summed E-state index contributed by atoms with van der Waals surface area (Å²) in [5, 5.41) is 2.18. The molecule has 3 aromatic rings. The molecule has 2 heterocycles. The summed E-state index contributed by atoms with van der Waals surface area (Å²) in [6, 6.07) is 10.1.